The van der Waals surface area contributed by atoms with Gasteiger partial charge < -0.3 is 16.0 Å². The lowest BCUT2D eigenvalue weighted by molar-refractivity contribution is -0.122. The van der Waals surface area contributed by atoms with Gasteiger partial charge in [0, 0.05) is 31.1 Å². The van der Waals surface area contributed by atoms with Gasteiger partial charge in [0.2, 0.25) is 5.91 Å². The van der Waals surface area contributed by atoms with Crippen LogP contribution >= 0.6 is 0 Å². The third kappa shape index (κ3) is 3.82. The van der Waals surface area contributed by atoms with Crippen molar-refractivity contribution in [2.45, 2.75) is 33.1 Å². The molecule has 6 heteroatoms. The van der Waals surface area contributed by atoms with Crippen LogP contribution in [0.2, 0.25) is 0 Å². The summed E-state index contributed by atoms with van der Waals surface area (Å²) in [5.41, 5.74) is 1.09. The van der Waals surface area contributed by atoms with Crippen molar-refractivity contribution in [2.24, 2.45) is 5.92 Å². The quantitative estimate of drug-likeness (QED) is 0.626. The first-order valence-corrected chi connectivity index (χ1v) is 7.35. The molecular formula is C14H23N5O. The van der Waals surface area contributed by atoms with Crippen molar-refractivity contribution in [1.82, 2.24) is 15.3 Å². The van der Waals surface area contributed by atoms with Crippen LogP contribution in [-0.2, 0) is 11.2 Å². The third-order valence-corrected chi connectivity index (χ3v) is 3.31. The van der Waals surface area contributed by atoms with Gasteiger partial charge in [-0.15, -0.1) is 0 Å². The average Bonchev–Trinajstić information content (AvgIpc) is 3.28. The van der Waals surface area contributed by atoms with Crippen LogP contribution in [0.15, 0.2) is 6.33 Å². The summed E-state index contributed by atoms with van der Waals surface area (Å²) in [5.74, 6) is 2.17. The SMILES string of the molecule is CCNc1ncnc(NCCNC(=O)C2CC2)c1CC. The lowest BCUT2D eigenvalue weighted by atomic mass is 10.2. The summed E-state index contributed by atoms with van der Waals surface area (Å²) < 4.78 is 0. The Bertz CT molecular complexity index is 459. The van der Waals surface area contributed by atoms with Crippen molar-refractivity contribution in [3.63, 3.8) is 0 Å². The van der Waals surface area contributed by atoms with Crippen LogP contribution in [0.4, 0.5) is 11.6 Å². The number of nitrogens with one attached hydrogen (secondary N) is 3. The van der Waals surface area contributed by atoms with Gasteiger partial charge >= 0.3 is 0 Å². The second kappa shape index (κ2) is 7.07. The predicted molar refractivity (Wildman–Crippen MR) is 79.8 cm³/mol. The van der Waals surface area contributed by atoms with E-state index in [1.165, 1.54) is 0 Å². The molecule has 0 aliphatic heterocycles. The van der Waals surface area contributed by atoms with E-state index in [9.17, 15) is 4.79 Å². The second-order valence-electron chi connectivity index (χ2n) is 4.93. The number of nitrogens with zero attached hydrogens (tertiary/aromatic N) is 2. The maximum atomic E-state index is 11.5. The summed E-state index contributed by atoms with van der Waals surface area (Å²) in [4.78, 5) is 20.0. The maximum Gasteiger partial charge on any atom is 0.223 e. The van der Waals surface area contributed by atoms with E-state index < -0.39 is 0 Å². The summed E-state index contributed by atoms with van der Waals surface area (Å²) in [6, 6.07) is 0. The van der Waals surface area contributed by atoms with Crippen molar-refractivity contribution in [3.05, 3.63) is 11.9 Å². The van der Waals surface area contributed by atoms with Crippen LogP contribution in [-0.4, -0.2) is 35.5 Å². The molecule has 0 atom stereocenters. The smallest absolute Gasteiger partial charge is 0.223 e. The number of anilines is 2. The lowest BCUT2D eigenvalue weighted by Crippen LogP contribution is -2.30. The van der Waals surface area contributed by atoms with Gasteiger partial charge in [-0.1, -0.05) is 6.92 Å². The van der Waals surface area contributed by atoms with E-state index in [-0.39, 0.29) is 11.8 Å². The second-order valence-corrected chi connectivity index (χ2v) is 4.93. The molecule has 20 heavy (non-hydrogen) atoms. The minimum Gasteiger partial charge on any atom is -0.370 e. The number of aromatic nitrogens is 2. The van der Waals surface area contributed by atoms with Crippen molar-refractivity contribution in [2.75, 3.05) is 30.3 Å². The molecule has 1 heterocycles. The van der Waals surface area contributed by atoms with Gasteiger partial charge in [-0.05, 0) is 26.2 Å². The number of hydrogen-bond acceptors (Lipinski definition) is 5. The van der Waals surface area contributed by atoms with Crippen molar-refractivity contribution in [1.29, 1.82) is 0 Å². The van der Waals surface area contributed by atoms with Gasteiger partial charge in [-0.25, -0.2) is 9.97 Å². The summed E-state index contributed by atoms with van der Waals surface area (Å²) in [7, 11) is 0. The highest BCUT2D eigenvalue weighted by molar-refractivity contribution is 5.80. The first-order valence-electron chi connectivity index (χ1n) is 7.35. The molecule has 0 radical (unpaired) electrons. The molecule has 0 saturated heterocycles. The number of carbonyl (C=O) groups is 1. The highest BCUT2D eigenvalue weighted by atomic mass is 16.2. The average molecular weight is 277 g/mol. The van der Waals surface area contributed by atoms with Crippen molar-refractivity contribution >= 4 is 17.5 Å². The van der Waals surface area contributed by atoms with Gasteiger partial charge in [-0.2, -0.15) is 0 Å². The van der Waals surface area contributed by atoms with Crippen LogP contribution in [0.1, 0.15) is 32.3 Å². The molecule has 0 bridgehead atoms. The van der Waals surface area contributed by atoms with Crippen molar-refractivity contribution < 1.29 is 4.79 Å². The molecule has 0 unspecified atom stereocenters. The molecule has 2 rings (SSSR count). The van der Waals surface area contributed by atoms with Gasteiger partial charge in [0.15, 0.2) is 0 Å². The Morgan fingerprint density at radius 3 is 2.50 bits per heavy atom. The molecule has 1 saturated carbocycles. The molecule has 1 aromatic heterocycles. The normalized spacial score (nSPS) is 13.9. The fraction of sp³-hybridized carbons (Fsp3) is 0.643. The fourth-order valence-electron chi connectivity index (χ4n) is 2.08. The lowest BCUT2D eigenvalue weighted by Gasteiger charge is -2.13. The van der Waals surface area contributed by atoms with Crippen LogP contribution in [0, 0.1) is 5.92 Å². The summed E-state index contributed by atoms with van der Waals surface area (Å²) in [5, 5.41) is 9.44. The Kier molecular flexibility index (Phi) is 5.15. The van der Waals surface area contributed by atoms with Crippen molar-refractivity contribution in [3.8, 4) is 0 Å². The van der Waals surface area contributed by atoms with E-state index in [1.807, 2.05) is 6.92 Å². The van der Waals surface area contributed by atoms with E-state index in [4.69, 9.17) is 0 Å². The molecule has 1 aromatic rings. The zero-order valence-electron chi connectivity index (χ0n) is 12.2. The van der Waals surface area contributed by atoms with E-state index in [2.05, 4.69) is 32.8 Å². The van der Waals surface area contributed by atoms with E-state index in [0.29, 0.717) is 13.1 Å². The number of rotatable bonds is 8. The highest BCUT2D eigenvalue weighted by Gasteiger charge is 2.28. The van der Waals surface area contributed by atoms with Crippen LogP contribution < -0.4 is 16.0 Å². The van der Waals surface area contributed by atoms with E-state index in [1.54, 1.807) is 6.33 Å². The molecule has 6 nitrogen and oxygen atoms in total. The van der Waals surface area contributed by atoms with E-state index >= 15 is 0 Å². The Labute approximate surface area is 119 Å². The first kappa shape index (κ1) is 14.6. The minimum absolute atomic E-state index is 0.179. The Morgan fingerprint density at radius 1 is 1.20 bits per heavy atom. The number of amides is 1. The predicted octanol–water partition coefficient (Wildman–Crippen LogP) is 1.41. The maximum absolute atomic E-state index is 11.5. The van der Waals surface area contributed by atoms with Gasteiger partial charge in [0.25, 0.3) is 0 Å². The summed E-state index contributed by atoms with van der Waals surface area (Å²) in [6.45, 7) is 6.26. The molecule has 1 aliphatic carbocycles. The minimum atomic E-state index is 0.179. The largest absolute Gasteiger partial charge is 0.370 e. The molecule has 1 fully saturated rings. The molecule has 1 aliphatic rings. The third-order valence-electron chi connectivity index (χ3n) is 3.31. The zero-order valence-corrected chi connectivity index (χ0v) is 12.2. The highest BCUT2D eigenvalue weighted by Crippen LogP contribution is 2.28. The number of carbonyl (C=O) groups excluding carboxylic acids is 1. The Morgan fingerprint density at radius 2 is 1.90 bits per heavy atom. The molecule has 1 amide bonds. The van der Waals surface area contributed by atoms with Crippen LogP contribution in [0.5, 0.6) is 0 Å². The molecule has 0 aromatic carbocycles. The van der Waals surface area contributed by atoms with Gasteiger partial charge in [0.05, 0.1) is 0 Å². The Hall–Kier alpha value is -1.85. The molecule has 0 spiro atoms. The standard InChI is InChI=1S/C14H23N5O/c1-3-11-12(15-4-2)18-9-19-13(11)16-7-8-17-14(20)10-5-6-10/h9-10H,3-8H2,1-2H3,(H,17,20)(H2,15,16,18,19). The summed E-state index contributed by atoms with van der Waals surface area (Å²) in [6.07, 6.45) is 4.50. The topological polar surface area (TPSA) is 78.9 Å². The van der Waals surface area contributed by atoms with Gasteiger partial charge in [-0.3, -0.25) is 4.79 Å². The summed E-state index contributed by atoms with van der Waals surface area (Å²) >= 11 is 0. The first-order chi connectivity index (χ1) is 9.76. The van der Waals surface area contributed by atoms with E-state index in [0.717, 1.165) is 43.0 Å². The Balaban J connectivity index is 1.84. The van der Waals surface area contributed by atoms with Gasteiger partial charge in [0.1, 0.15) is 18.0 Å². The molecule has 110 valence electrons. The molecule has 3 N–H and O–H groups in total. The number of hydrogen-bond donors (Lipinski definition) is 3. The molecular weight excluding hydrogens is 254 g/mol. The van der Waals surface area contributed by atoms with Crippen LogP contribution in [0.3, 0.4) is 0 Å². The zero-order chi connectivity index (χ0) is 14.4. The monoisotopic (exact) mass is 277 g/mol. The fourth-order valence-corrected chi connectivity index (χ4v) is 2.08. The van der Waals surface area contributed by atoms with Crippen LogP contribution in [0.25, 0.3) is 0 Å².